The summed E-state index contributed by atoms with van der Waals surface area (Å²) < 4.78 is 5.08. The van der Waals surface area contributed by atoms with Gasteiger partial charge in [0.25, 0.3) is 5.69 Å². The van der Waals surface area contributed by atoms with Crippen molar-refractivity contribution in [2.24, 2.45) is 0 Å². The number of nitro groups is 1. The number of methoxy groups -OCH3 is 1. The van der Waals surface area contributed by atoms with Gasteiger partial charge in [-0.2, -0.15) is 0 Å². The maximum Gasteiger partial charge on any atom is 0.363 e. The molecule has 0 amide bonds. The van der Waals surface area contributed by atoms with E-state index >= 15 is 0 Å². The van der Waals surface area contributed by atoms with Crippen molar-refractivity contribution in [3.05, 3.63) is 64.2 Å². The lowest BCUT2D eigenvalue weighted by atomic mass is 10.2. The molecule has 0 saturated heterocycles. The second-order valence-corrected chi connectivity index (χ2v) is 4.58. The molecule has 0 aliphatic rings. The Hall–Kier alpha value is -3.09. The van der Waals surface area contributed by atoms with Gasteiger partial charge in [0.15, 0.2) is 0 Å². The average Bonchev–Trinajstić information content (AvgIpc) is 2.59. The number of non-ortho nitro benzene ring substituents is 1. The van der Waals surface area contributed by atoms with Gasteiger partial charge in [0.2, 0.25) is 0 Å². The fourth-order valence-corrected chi connectivity index (χ4v) is 1.95. The van der Waals surface area contributed by atoms with E-state index in [4.69, 9.17) is 9.57 Å². The summed E-state index contributed by atoms with van der Waals surface area (Å²) >= 11 is 0. The van der Waals surface area contributed by atoms with Crippen molar-refractivity contribution >= 4 is 17.3 Å². The van der Waals surface area contributed by atoms with Crippen LogP contribution >= 0.6 is 0 Å². The SMILES string of the molecule is CCN(OC(=O)c1cccc([N+](=O)[O-])c1)c1ccc(OC)cc1. The minimum atomic E-state index is -0.661. The van der Waals surface area contributed by atoms with Gasteiger partial charge in [0.1, 0.15) is 5.75 Å². The molecule has 120 valence electrons. The first-order chi connectivity index (χ1) is 11.0. The highest BCUT2D eigenvalue weighted by molar-refractivity contribution is 5.90. The zero-order valence-corrected chi connectivity index (χ0v) is 12.8. The molecular formula is C16H16N2O5. The van der Waals surface area contributed by atoms with Crippen LogP contribution in [0, 0.1) is 10.1 Å². The van der Waals surface area contributed by atoms with Crippen molar-refractivity contribution in [2.45, 2.75) is 6.92 Å². The molecule has 0 atom stereocenters. The van der Waals surface area contributed by atoms with Crippen molar-refractivity contribution in [1.82, 2.24) is 0 Å². The molecule has 2 rings (SSSR count). The number of hydroxylamine groups is 1. The summed E-state index contributed by atoms with van der Waals surface area (Å²) in [7, 11) is 1.56. The van der Waals surface area contributed by atoms with Crippen LogP contribution in [0.2, 0.25) is 0 Å². The van der Waals surface area contributed by atoms with Crippen LogP contribution in [0.25, 0.3) is 0 Å². The predicted molar refractivity (Wildman–Crippen MR) is 84.5 cm³/mol. The number of benzene rings is 2. The van der Waals surface area contributed by atoms with E-state index < -0.39 is 10.9 Å². The quantitative estimate of drug-likeness (QED) is 0.601. The molecule has 0 heterocycles. The first-order valence-corrected chi connectivity index (χ1v) is 6.93. The lowest BCUT2D eigenvalue weighted by molar-refractivity contribution is -0.384. The Balaban J connectivity index is 2.15. The van der Waals surface area contributed by atoms with Gasteiger partial charge in [-0.15, -0.1) is 0 Å². The van der Waals surface area contributed by atoms with Crippen molar-refractivity contribution in [3.8, 4) is 5.75 Å². The lowest BCUT2D eigenvalue weighted by Gasteiger charge is -2.21. The molecule has 23 heavy (non-hydrogen) atoms. The van der Waals surface area contributed by atoms with Crippen LogP contribution < -0.4 is 9.80 Å². The summed E-state index contributed by atoms with van der Waals surface area (Å²) in [6.07, 6.45) is 0. The maximum absolute atomic E-state index is 12.2. The van der Waals surface area contributed by atoms with Gasteiger partial charge in [0.05, 0.1) is 29.8 Å². The molecule has 0 saturated carbocycles. The molecule has 0 aromatic heterocycles. The summed E-state index contributed by atoms with van der Waals surface area (Å²) in [5.41, 5.74) is 0.630. The van der Waals surface area contributed by atoms with Crippen molar-refractivity contribution in [3.63, 3.8) is 0 Å². The van der Waals surface area contributed by atoms with Crippen molar-refractivity contribution < 1.29 is 19.3 Å². The zero-order valence-electron chi connectivity index (χ0n) is 12.8. The largest absolute Gasteiger partial charge is 0.497 e. The van der Waals surface area contributed by atoms with Gasteiger partial charge < -0.3 is 9.57 Å². The highest BCUT2D eigenvalue weighted by Crippen LogP contribution is 2.21. The number of ether oxygens (including phenoxy) is 1. The van der Waals surface area contributed by atoms with Crippen LogP contribution in [0.3, 0.4) is 0 Å². The fourth-order valence-electron chi connectivity index (χ4n) is 1.95. The van der Waals surface area contributed by atoms with E-state index in [1.165, 1.54) is 29.3 Å². The number of anilines is 1. The molecule has 0 fully saturated rings. The first-order valence-electron chi connectivity index (χ1n) is 6.93. The second-order valence-electron chi connectivity index (χ2n) is 4.58. The van der Waals surface area contributed by atoms with Crippen molar-refractivity contribution in [2.75, 3.05) is 18.7 Å². The molecule has 0 N–H and O–H groups in total. The normalized spacial score (nSPS) is 10.0. The molecule has 0 bridgehead atoms. The van der Waals surface area contributed by atoms with E-state index in [2.05, 4.69) is 0 Å². The second kappa shape index (κ2) is 7.26. The predicted octanol–water partition coefficient (Wildman–Crippen LogP) is 3.20. The van der Waals surface area contributed by atoms with Crippen LogP contribution in [0.4, 0.5) is 11.4 Å². The van der Waals surface area contributed by atoms with E-state index in [1.807, 2.05) is 6.92 Å². The lowest BCUT2D eigenvalue weighted by Crippen LogP contribution is -2.26. The van der Waals surface area contributed by atoms with Gasteiger partial charge in [-0.05, 0) is 37.3 Å². The van der Waals surface area contributed by atoms with Crippen LogP contribution in [0.15, 0.2) is 48.5 Å². The molecule has 7 heteroatoms. The molecular weight excluding hydrogens is 300 g/mol. The molecule has 2 aromatic carbocycles. The van der Waals surface area contributed by atoms with Gasteiger partial charge in [-0.25, -0.2) is 9.86 Å². The third-order valence-electron chi connectivity index (χ3n) is 3.13. The highest BCUT2D eigenvalue weighted by atomic mass is 16.7. The Morgan fingerprint density at radius 2 is 1.91 bits per heavy atom. The molecule has 0 radical (unpaired) electrons. The van der Waals surface area contributed by atoms with Gasteiger partial charge in [0, 0.05) is 12.1 Å². The minimum Gasteiger partial charge on any atom is -0.497 e. The number of hydrogen-bond donors (Lipinski definition) is 0. The Bertz CT molecular complexity index is 700. The standard InChI is InChI=1S/C16H16N2O5/c1-3-17(13-7-9-15(22-2)10-8-13)23-16(19)12-5-4-6-14(11-12)18(20)21/h4-11H,3H2,1-2H3. The van der Waals surface area contributed by atoms with E-state index in [9.17, 15) is 14.9 Å². The number of nitrogens with zero attached hydrogens (tertiary/aromatic N) is 2. The third kappa shape index (κ3) is 3.97. The molecule has 0 aliphatic heterocycles. The van der Waals surface area contributed by atoms with Gasteiger partial charge >= 0.3 is 5.97 Å². The molecule has 2 aromatic rings. The number of nitro benzene ring substituents is 1. The van der Waals surface area contributed by atoms with Crippen LogP contribution in [0.1, 0.15) is 17.3 Å². The summed E-state index contributed by atoms with van der Waals surface area (Å²) in [5.74, 6) is 0.0289. The number of carbonyl (C=O) groups excluding carboxylic acids is 1. The fraction of sp³-hybridized carbons (Fsp3) is 0.188. The first kappa shape index (κ1) is 16.3. The van der Waals surface area contributed by atoms with Crippen molar-refractivity contribution in [1.29, 1.82) is 0 Å². The smallest absolute Gasteiger partial charge is 0.363 e. The third-order valence-corrected chi connectivity index (χ3v) is 3.13. The summed E-state index contributed by atoms with van der Waals surface area (Å²) in [6, 6.07) is 12.4. The van der Waals surface area contributed by atoms with E-state index in [-0.39, 0.29) is 11.3 Å². The number of hydrogen-bond acceptors (Lipinski definition) is 6. The number of carbonyl (C=O) groups is 1. The molecule has 7 nitrogen and oxygen atoms in total. The number of rotatable bonds is 6. The van der Waals surface area contributed by atoms with E-state index in [0.29, 0.717) is 18.0 Å². The molecule has 0 aliphatic carbocycles. The Labute approximate surface area is 133 Å². The molecule has 0 unspecified atom stereocenters. The van der Waals surface area contributed by atoms with E-state index in [0.717, 1.165) is 0 Å². The zero-order chi connectivity index (χ0) is 16.8. The summed E-state index contributed by atoms with van der Waals surface area (Å²) in [4.78, 5) is 27.7. The topological polar surface area (TPSA) is 81.9 Å². The van der Waals surface area contributed by atoms with Crippen LogP contribution in [-0.2, 0) is 4.84 Å². The van der Waals surface area contributed by atoms with Gasteiger partial charge in [-0.1, -0.05) is 6.07 Å². The Morgan fingerprint density at radius 3 is 2.48 bits per heavy atom. The van der Waals surface area contributed by atoms with Crippen LogP contribution in [0.5, 0.6) is 5.75 Å². The summed E-state index contributed by atoms with van der Waals surface area (Å²) in [5, 5.41) is 12.2. The average molecular weight is 316 g/mol. The highest BCUT2D eigenvalue weighted by Gasteiger charge is 2.16. The van der Waals surface area contributed by atoms with Crippen LogP contribution in [-0.4, -0.2) is 24.5 Å². The summed E-state index contributed by atoms with van der Waals surface area (Å²) in [6.45, 7) is 2.25. The Kier molecular flexibility index (Phi) is 5.14. The minimum absolute atomic E-state index is 0.117. The molecule has 0 spiro atoms. The van der Waals surface area contributed by atoms with E-state index in [1.54, 1.807) is 31.4 Å². The Morgan fingerprint density at radius 1 is 1.22 bits per heavy atom. The monoisotopic (exact) mass is 316 g/mol. The van der Waals surface area contributed by atoms with Gasteiger partial charge in [-0.3, -0.25) is 10.1 Å². The maximum atomic E-state index is 12.2.